The molecule has 0 saturated heterocycles. The molecule has 0 aliphatic rings. The molecule has 0 rings (SSSR count). The van der Waals surface area contributed by atoms with Crippen LogP contribution in [-0.2, 0) is 9.53 Å². The molecule has 0 fully saturated rings. The predicted molar refractivity (Wildman–Crippen MR) is 152 cm³/mol. The van der Waals surface area contributed by atoms with Crippen LogP contribution in [-0.4, -0.2) is 68.1 Å². The molecule has 0 spiro atoms. The molecule has 0 bridgehead atoms. The predicted octanol–water partition coefficient (Wildman–Crippen LogP) is 6.16. The zero-order valence-electron chi connectivity index (χ0n) is 24.6. The zero-order chi connectivity index (χ0) is 28.6. The van der Waals surface area contributed by atoms with Crippen LogP contribution in [0.1, 0.15) is 137 Å². The monoisotopic (exact) mass is 532 g/mol. The Morgan fingerprint density at radius 1 is 0.703 bits per heavy atom. The van der Waals surface area contributed by atoms with Gasteiger partial charge in [-0.05, 0) is 58.8 Å². The van der Waals surface area contributed by atoms with Crippen molar-refractivity contribution in [2.75, 3.05) is 19.8 Å². The normalized spacial score (nSPS) is 13.9. The Labute approximate surface area is 227 Å². The van der Waals surface area contributed by atoms with Crippen LogP contribution in [0.2, 0.25) is 0 Å². The quantitative estimate of drug-likeness (QED) is 0.0788. The Morgan fingerprint density at radius 2 is 1.16 bits per heavy atom. The number of hydrogen-bond donors (Lipinski definition) is 5. The van der Waals surface area contributed by atoms with E-state index < -0.39 is 22.8 Å². The van der Waals surface area contributed by atoms with Crippen molar-refractivity contribution in [2.45, 2.75) is 154 Å². The minimum absolute atomic E-state index is 0.332. The molecule has 7 heteroatoms. The number of allylic oxidation sites excluding steroid dienone is 2. The molecular weight excluding hydrogens is 472 g/mol. The topological polar surface area (TPSA) is 127 Å². The van der Waals surface area contributed by atoms with Crippen LogP contribution in [0.5, 0.6) is 0 Å². The van der Waals surface area contributed by atoms with Crippen molar-refractivity contribution in [3.05, 3.63) is 12.2 Å². The minimum Gasteiger partial charge on any atom is -0.481 e. The summed E-state index contributed by atoms with van der Waals surface area (Å²) in [6, 6.07) is 0. The Hall–Kier alpha value is -0.990. The van der Waals surface area contributed by atoms with Crippen LogP contribution in [0, 0.1) is 0 Å². The van der Waals surface area contributed by atoms with Crippen LogP contribution >= 0.6 is 0 Å². The standard InChI is InChI=1S/C18H34O2.C12H26O5/c1-2-3-4-5-6-7-8-9-10-11-12-13-14-15-16-17-18(19)20;1-5-11(7-13,8-14)17-12(6-2,9-15)10(3,4)16/h9-10H,2-8,11-17H2,1H3,(H,19,20);13-16H,5-9H2,1-4H3/b10-9-;. The molecule has 0 saturated carbocycles. The Morgan fingerprint density at radius 3 is 1.51 bits per heavy atom. The van der Waals surface area contributed by atoms with Crippen LogP contribution < -0.4 is 0 Å². The highest BCUT2D eigenvalue weighted by molar-refractivity contribution is 5.66. The molecule has 0 aromatic carbocycles. The minimum atomic E-state index is -1.28. The number of ether oxygens (including phenoxy) is 1. The van der Waals surface area contributed by atoms with Crippen molar-refractivity contribution < 1.29 is 35.1 Å². The third-order valence-electron chi connectivity index (χ3n) is 7.23. The molecule has 0 aromatic heterocycles. The van der Waals surface area contributed by atoms with Crippen molar-refractivity contribution >= 4 is 5.97 Å². The van der Waals surface area contributed by atoms with Crippen molar-refractivity contribution in [3.8, 4) is 0 Å². The van der Waals surface area contributed by atoms with Crippen molar-refractivity contribution in [1.29, 1.82) is 0 Å². The van der Waals surface area contributed by atoms with Crippen LogP contribution in [0.4, 0.5) is 0 Å². The summed E-state index contributed by atoms with van der Waals surface area (Å²) in [4.78, 5) is 10.3. The number of hydrogen-bond acceptors (Lipinski definition) is 6. The Balaban J connectivity index is 0. The lowest BCUT2D eigenvalue weighted by Crippen LogP contribution is -2.60. The first-order valence-electron chi connectivity index (χ1n) is 14.7. The van der Waals surface area contributed by atoms with Crippen molar-refractivity contribution in [1.82, 2.24) is 0 Å². The van der Waals surface area contributed by atoms with Gasteiger partial charge >= 0.3 is 5.97 Å². The second-order valence-electron chi connectivity index (χ2n) is 10.7. The Bertz CT molecular complexity index is 538. The lowest BCUT2D eigenvalue weighted by Gasteiger charge is -2.47. The number of carboxylic acids is 1. The first-order chi connectivity index (χ1) is 17.5. The summed E-state index contributed by atoms with van der Waals surface area (Å²) in [7, 11) is 0. The van der Waals surface area contributed by atoms with Crippen molar-refractivity contribution in [3.63, 3.8) is 0 Å². The van der Waals surface area contributed by atoms with Crippen LogP contribution in [0.3, 0.4) is 0 Å². The molecule has 0 amide bonds. The summed E-state index contributed by atoms with van der Waals surface area (Å²) >= 11 is 0. The summed E-state index contributed by atoms with van der Waals surface area (Å²) in [6.45, 7) is 7.79. The largest absolute Gasteiger partial charge is 0.481 e. The average molecular weight is 533 g/mol. The average Bonchev–Trinajstić information content (AvgIpc) is 2.87. The van der Waals surface area contributed by atoms with Gasteiger partial charge in [-0.3, -0.25) is 4.79 Å². The van der Waals surface area contributed by atoms with Gasteiger partial charge in [-0.2, -0.15) is 0 Å². The van der Waals surface area contributed by atoms with Gasteiger partial charge in [0.1, 0.15) is 11.2 Å². The van der Waals surface area contributed by atoms with Gasteiger partial charge in [0.25, 0.3) is 0 Å². The second kappa shape index (κ2) is 22.9. The number of rotatable bonds is 23. The number of aliphatic hydroxyl groups excluding tert-OH is 3. The van der Waals surface area contributed by atoms with Crippen molar-refractivity contribution in [2.24, 2.45) is 0 Å². The lowest BCUT2D eigenvalue weighted by molar-refractivity contribution is -0.263. The fourth-order valence-electron chi connectivity index (χ4n) is 4.14. The van der Waals surface area contributed by atoms with E-state index >= 15 is 0 Å². The van der Waals surface area contributed by atoms with E-state index in [0.717, 1.165) is 12.8 Å². The smallest absolute Gasteiger partial charge is 0.303 e. The fourth-order valence-corrected chi connectivity index (χ4v) is 4.14. The molecule has 1 atom stereocenters. The molecule has 37 heavy (non-hydrogen) atoms. The maximum absolute atomic E-state index is 10.3. The molecule has 0 radical (unpaired) electrons. The number of aliphatic hydroxyl groups is 4. The number of carbonyl (C=O) groups is 1. The summed E-state index contributed by atoms with van der Waals surface area (Å²) < 4.78 is 5.74. The molecular formula is C30H60O7. The first kappa shape index (κ1) is 38.2. The van der Waals surface area contributed by atoms with Gasteiger partial charge in [-0.15, -0.1) is 0 Å². The van der Waals surface area contributed by atoms with Gasteiger partial charge in [0.05, 0.1) is 25.4 Å². The number of aliphatic carboxylic acids is 1. The lowest BCUT2D eigenvalue weighted by atomic mass is 9.82. The molecule has 0 aromatic rings. The Kier molecular flexibility index (Phi) is 23.7. The summed E-state index contributed by atoms with van der Waals surface area (Å²) in [6.07, 6.45) is 22.0. The highest BCUT2D eigenvalue weighted by atomic mass is 16.6. The highest BCUT2D eigenvalue weighted by Gasteiger charge is 2.48. The van der Waals surface area contributed by atoms with Crippen LogP contribution in [0.25, 0.3) is 0 Å². The van der Waals surface area contributed by atoms with E-state index in [1.807, 2.05) is 0 Å². The fraction of sp³-hybridized carbons (Fsp3) is 0.900. The molecule has 5 N–H and O–H groups in total. The maximum Gasteiger partial charge on any atom is 0.303 e. The molecule has 222 valence electrons. The number of unbranched alkanes of at least 4 members (excludes halogenated alkanes) is 11. The molecule has 0 heterocycles. The molecule has 7 nitrogen and oxygen atoms in total. The second-order valence-corrected chi connectivity index (χ2v) is 10.7. The zero-order valence-corrected chi connectivity index (χ0v) is 24.6. The van der Waals surface area contributed by atoms with Crippen LogP contribution in [0.15, 0.2) is 12.2 Å². The van der Waals surface area contributed by atoms with Gasteiger partial charge in [0.2, 0.25) is 0 Å². The summed E-state index contributed by atoms with van der Waals surface area (Å²) in [5.74, 6) is -0.664. The molecule has 0 aliphatic carbocycles. The van der Waals surface area contributed by atoms with Gasteiger partial charge in [0, 0.05) is 6.42 Å². The van der Waals surface area contributed by atoms with E-state index in [2.05, 4.69) is 19.1 Å². The van der Waals surface area contributed by atoms with E-state index in [4.69, 9.17) is 9.84 Å². The SMILES string of the molecule is CCC(CO)(CO)OC(CC)(CO)C(C)(C)O.CCCCCCCC/C=C\CCCCCCCC(=O)O. The molecule has 0 aliphatic heterocycles. The third-order valence-corrected chi connectivity index (χ3v) is 7.23. The van der Waals surface area contributed by atoms with E-state index in [9.17, 15) is 25.2 Å². The summed E-state index contributed by atoms with van der Waals surface area (Å²) in [5.41, 5.74) is -3.62. The van der Waals surface area contributed by atoms with E-state index in [1.54, 1.807) is 27.7 Å². The highest BCUT2D eigenvalue weighted by Crippen LogP contribution is 2.34. The first-order valence-corrected chi connectivity index (χ1v) is 14.7. The number of carboxylic acid groups (broad SMARTS) is 1. The van der Waals surface area contributed by atoms with E-state index in [-0.39, 0.29) is 19.8 Å². The third kappa shape index (κ3) is 18.0. The molecule has 1 unspecified atom stereocenters. The maximum atomic E-state index is 10.3. The summed E-state index contributed by atoms with van der Waals surface area (Å²) in [5, 5.41) is 46.8. The van der Waals surface area contributed by atoms with E-state index in [0.29, 0.717) is 19.3 Å². The van der Waals surface area contributed by atoms with Gasteiger partial charge in [0.15, 0.2) is 0 Å². The van der Waals surface area contributed by atoms with E-state index in [1.165, 1.54) is 70.6 Å². The van der Waals surface area contributed by atoms with Gasteiger partial charge in [-0.1, -0.05) is 84.3 Å². The van der Waals surface area contributed by atoms with Gasteiger partial charge in [-0.25, -0.2) is 0 Å². The van der Waals surface area contributed by atoms with Gasteiger partial charge < -0.3 is 30.3 Å².